The molecule has 1 aromatic heterocycles. The van der Waals surface area contributed by atoms with E-state index >= 15 is 0 Å². The molecule has 1 rings (SSSR count). The Balaban J connectivity index is 2.56. The second kappa shape index (κ2) is 6.37. The van der Waals surface area contributed by atoms with E-state index in [0.717, 1.165) is 25.1 Å². The fraction of sp³-hybridized carbons (Fsp3) is 0.545. The van der Waals surface area contributed by atoms with Crippen LogP contribution in [0.25, 0.3) is 0 Å². The third kappa shape index (κ3) is 4.27. The molecule has 84 valence electrons. The van der Waals surface area contributed by atoms with Crippen LogP contribution in [0.4, 0.5) is 5.82 Å². The largest absolute Gasteiger partial charge is 0.395 e. The zero-order valence-electron chi connectivity index (χ0n) is 9.19. The van der Waals surface area contributed by atoms with Crippen LogP contribution >= 0.6 is 0 Å². The normalized spacial score (nSPS) is 10.9. The Morgan fingerprint density at radius 2 is 2.27 bits per heavy atom. The maximum atomic E-state index is 8.92. The van der Waals surface area contributed by atoms with Crippen LogP contribution in [0.5, 0.6) is 0 Å². The molecule has 0 saturated carbocycles. The fourth-order valence-electron chi connectivity index (χ4n) is 1.58. The average molecular weight is 209 g/mol. The second-order valence-corrected chi connectivity index (χ2v) is 3.59. The summed E-state index contributed by atoms with van der Waals surface area (Å²) in [6, 6.07) is 3.83. The van der Waals surface area contributed by atoms with E-state index in [9.17, 15) is 0 Å². The molecule has 0 aliphatic heterocycles. The van der Waals surface area contributed by atoms with E-state index in [1.54, 1.807) is 6.20 Å². The Bertz CT molecular complexity index is 285. The van der Waals surface area contributed by atoms with E-state index < -0.39 is 0 Å². The summed E-state index contributed by atoms with van der Waals surface area (Å²) in [4.78, 5) is 6.15. The van der Waals surface area contributed by atoms with Gasteiger partial charge in [0.15, 0.2) is 0 Å². The fourth-order valence-corrected chi connectivity index (χ4v) is 1.58. The third-order valence-corrected chi connectivity index (χ3v) is 2.21. The van der Waals surface area contributed by atoms with Crippen molar-refractivity contribution in [2.75, 3.05) is 25.4 Å². The average Bonchev–Trinajstić information content (AvgIpc) is 2.18. The number of hydrogen-bond donors (Lipinski definition) is 2. The van der Waals surface area contributed by atoms with Gasteiger partial charge in [-0.25, -0.2) is 4.98 Å². The highest BCUT2D eigenvalue weighted by atomic mass is 16.3. The summed E-state index contributed by atoms with van der Waals surface area (Å²) >= 11 is 0. The van der Waals surface area contributed by atoms with Crippen LogP contribution in [-0.4, -0.2) is 34.7 Å². The number of nitrogen functional groups attached to an aromatic ring is 1. The van der Waals surface area contributed by atoms with Gasteiger partial charge in [-0.05, 0) is 30.7 Å². The van der Waals surface area contributed by atoms with Gasteiger partial charge in [-0.1, -0.05) is 6.92 Å². The summed E-state index contributed by atoms with van der Waals surface area (Å²) in [7, 11) is 0. The molecule has 0 spiro atoms. The summed E-state index contributed by atoms with van der Waals surface area (Å²) in [5.74, 6) is 0.549. The highest BCUT2D eigenvalue weighted by Gasteiger charge is 2.04. The van der Waals surface area contributed by atoms with Crippen LogP contribution in [-0.2, 0) is 6.54 Å². The number of aliphatic hydroxyl groups is 1. The molecule has 0 aromatic carbocycles. The topological polar surface area (TPSA) is 62.4 Å². The first-order chi connectivity index (χ1) is 7.26. The number of nitrogens with zero attached hydrogens (tertiary/aromatic N) is 2. The maximum absolute atomic E-state index is 8.92. The zero-order chi connectivity index (χ0) is 11.1. The zero-order valence-corrected chi connectivity index (χ0v) is 9.19. The minimum absolute atomic E-state index is 0.195. The van der Waals surface area contributed by atoms with E-state index in [1.807, 2.05) is 12.1 Å². The van der Waals surface area contributed by atoms with Crippen LogP contribution in [0.1, 0.15) is 18.9 Å². The van der Waals surface area contributed by atoms with Crippen molar-refractivity contribution in [3.8, 4) is 0 Å². The standard InChI is InChI=1S/C11H19N3O/c1-2-5-14(6-7-15)9-10-3-4-13-11(12)8-10/h3-4,8,15H,2,5-7,9H2,1H3,(H2,12,13). The third-order valence-electron chi connectivity index (χ3n) is 2.21. The van der Waals surface area contributed by atoms with Gasteiger partial charge >= 0.3 is 0 Å². The van der Waals surface area contributed by atoms with Gasteiger partial charge in [-0.2, -0.15) is 0 Å². The van der Waals surface area contributed by atoms with E-state index in [4.69, 9.17) is 10.8 Å². The lowest BCUT2D eigenvalue weighted by Gasteiger charge is -2.20. The number of rotatable bonds is 6. The van der Waals surface area contributed by atoms with Crippen molar-refractivity contribution in [2.45, 2.75) is 19.9 Å². The molecule has 0 atom stereocenters. The monoisotopic (exact) mass is 209 g/mol. The summed E-state index contributed by atoms with van der Waals surface area (Å²) in [5, 5.41) is 8.92. The van der Waals surface area contributed by atoms with Crippen molar-refractivity contribution in [1.29, 1.82) is 0 Å². The Hall–Kier alpha value is -1.13. The minimum Gasteiger partial charge on any atom is -0.395 e. The van der Waals surface area contributed by atoms with Gasteiger partial charge < -0.3 is 10.8 Å². The molecule has 0 fully saturated rings. The molecule has 4 heteroatoms. The molecule has 0 aliphatic carbocycles. The first-order valence-electron chi connectivity index (χ1n) is 5.30. The van der Waals surface area contributed by atoms with Crippen molar-refractivity contribution in [3.63, 3.8) is 0 Å². The van der Waals surface area contributed by atoms with Crippen LogP contribution in [0.2, 0.25) is 0 Å². The molecule has 4 nitrogen and oxygen atoms in total. The number of hydrogen-bond acceptors (Lipinski definition) is 4. The first kappa shape index (κ1) is 11.9. The van der Waals surface area contributed by atoms with Gasteiger partial charge in [0.25, 0.3) is 0 Å². The van der Waals surface area contributed by atoms with E-state index in [-0.39, 0.29) is 6.61 Å². The Kier molecular flexibility index (Phi) is 5.07. The molecular formula is C11H19N3O. The molecule has 0 unspecified atom stereocenters. The molecule has 1 aromatic rings. The van der Waals surface area contributed by atoms with Crippen LogP contribution in [0.15, 0.2) is 18.3 Å². The Morgan fingerprint density at radius 3 is 2.87 bits per heavy atom. The Morgan fingerprint density at radius 1 is 1.47 bits per heavy atom. The molecule has 0 saturated heterocycles. The van der Waals surface area contributed by atoms with E-state index in [1.165, 1.54) is 0 Å². The first-order valence-corrected chi connectivity index (χ1v) is 5.30. The predicted octanol–water partition coefficient (Wildman–Crippen LogP) is 0.868. The van der Waals surface area contributed by atoms with Crippen molar-refractivity contribution in [2.24, 2.45) is 0 Å². The molecule has 3 N–H and O–H groups in total. The predicted molar refractivity (Wildman–Crippen MR) is 61.3 cm³/mol. The van der Waals surface area contributed by atoms with Gasteiger partial charge in [0.05, 0.1) is 6.61 Å². The quantitative estimate of drug-likeness (QED) is 0.729. The van der Waals surface area contributed by atoms with Gasteiger partial charge in [-0.3, -0.25) is 4.90 Å². The SMILES string of the molecule is CCCN(CCO)Cc1ccnc(N)c1. The number of aliphatic hydroxyl groups excluding tert-OH is 1. The number of nitrogens with two attached hydrogens (primary N) is 1. The Labute approximate surface area is 90.7 Å². The van der Waals surface area contributed by atoms with Crippen molar-refractivity contribution >= 4 is 5.82 Å². The molecule has 0 bridgehead atoms. The van der Waals surface area contributed by atoms with Crippen molar-refractivity contribution < 1.29 is 5.11 Å². The smallest absolute Gasteiger partial charge is 0.123 e. The number of pyridine rings is 1. The summed E-state index contributed by atoms with van der Waals surface area (Å²) in [6.45, 7) is 4.84. The van der Waals surface area contributed by atoms with Gasteiger partial charge in [0, 0.05) is 19.3 Å². The molecule has 0 aliphatic rings. The lowest BCUT2D eigenvalue weighted by molar-refractivity contribution is 0.190. The lowest BCUT2D eigenvalue weighted by Crippen LogP contribution is -2.27. The molecule has 15 heavy (non-hydrogen) atoms. The highest BCUT2D eigenvalue weighted by Crippen LogP contribution is 2.07. The number of anilines is 1. The summed E-state index contributed by atoms with van der Waals surface area (Å²) in [5.41, 5.74) is 6.75. The van der Waals surface area contributed by atoms with Gasteiger partial charge in [0.1, 0.15) is 5.82 Å². The van der Waals surface area contributed by atoms with Crippen LogP contribution in [0.3, 0.4) is 0 Å². The molecule has 1 heterocycles. The maximum Gasteiger partial charge on any atom is 0.123 e. The minimum atomic E-state index is 0.195. The van der Waals surface area contributed by atoms with Crippen molar-refractivity contribution in [3.05, 3.63) is 23.9 Å². The van der Waals surface area contributed by atoms with Gasteiger partial charge in [-0.15, -0.1) is 0 Å². The molecule has 0 amide bonds. The number of aromatic nitrogens is 1. The van der Waals surface area contributed by atoms with Crippen LogP contribution < -0.4 is 5.73 Å². The van der Waals surface area contributed by atoms with Crippen LogP contribution in [0, 0.1) is 0 Å². The molecular weight excluding hydrogens is 190 g/mol. The van der Waals surface area contributed by atoms with E-state index in [0.29, 0.717) is 12.4 Å². The van der Waals surface area contributed by atoms with Gasteiger partial charge in [0.2, 0.25) is 0 Å². The van der Waals surface area contributed by atoms with Crippen molar-refractivity contribution in [1.82, 2.24) is 9.88 Å². The summed E-state index contributed by atoms with van der Waals surface area (Å²) < 4.78 is 0. The highest BCUT2D eigenvalue weighted by molar-refractivity contribution is 5.31. The van der Waals surface area contributed by atoms with E-state index in [2.05, 4.69) is 16.8 Å². The lowest BCUT2D eigenvalue weighted by atomic mass is 10.2. The second-order valence-electron chi connectivity index (χ2n) is 3.59. The molecule has 0 radical (unpaired) electrons. The summed E-state index contributed by atoms with van der Waals surface area (Å²) in [6.07, 6.45) is 2.80.